The number of hydrogen-bond donors (Lipinski definition) is 1. The van der Waals surface area contributed by atoms with E-state index >= 15 is 0 Å². The maximum Gasteiger partial charge on any atom is 0.0576 e. The Morgan fingerprint density at radius 3 is 2.64 bits per heavy atom. The van der Waals surface area contributed by atoms with Crippen molar-refractivity contribution in [2.45, 2.75) is 57.6 Å². The van der Waals surface area contributed by atoms with Crippen LogP contribution in [0.25, 0.3) is 0 Å². The third kappa shape index (κ3) is 2.29. The highest BCUT2D eigenvalue weighted by atomic mass is 16.5. The zero-order valence-corrected chi connectivity index (χ0v) is 9.24. The summed E-state index contributed by atoms with van der Waals surface area (Å²) in [5, 5.41) is 0. The van der Waals surface area contributed by atoms with Gasteiger partial charge in [-0.25, -0.2) is 0 Å². The van der Waals surface area contributed by atoms with E-state index in [9.17, 15) is 0 Å². The van der Waals surface area contributed by atoms with Gasteiger partial charge in [0.1, 0.15) is 0 Å². The topological polar surface area (TPSA) is 35.2 Å². The molecule has 0 amide bonds. The van der Waals surface area contributed by atoms with Crippen LogP contribution in [0.1, 0.15) is 45.4 Å². The molecule has 2 N–H and O–H groups in total. The van der Waals surface area contributed by atoms with Crippen molar-refractivity contribution in [3.8, 4) is 0 Å². The van der Waals surface area contributed by atoms with Gasteiger partial charge in [-0.2, -0.15) is 0 Å². The maximum absolute atomic E-state index is 6.02. The summed E-state index contributed by atoms with van der Waals surface area (Å²) >= 11 is 0. The molecule has 0 aromatic rings. The number of nitrogens with two attached hydrogens (primary N) is 1. The Bertz CT molecular complexity index is 177. The van der Waals surface area contributed by atoms with E-state index in [1.54, 1.807) is 0 Å². The Balaban J connectivity index is 1.70. The van der Waals surface area contributed by atoms with Crippen molar-refractivity contribution >= 4 is 0 Å². The molecule has 0 bridgehead atoms. The Morgan fingerprint density at radius 2 is 2.07 bits per heavy atom. The Morgan fingerprint density at radius 1 is 1.21 bits per heavy atom. The summed E-state index contributed by atoms with van der Waals surface area (Å²) in [4.78, 5) is 0. The van der Waals surface area contributed by atoms with Crippen molar-refractivity contribution in [3.63, 3.8) is 0 Å². The molecule has 1 heterocycles. The minimum Gasteiger partial charge on any atom is -0.378 e. The van der Waals surface area contributed by atoms with Crippen LogP contribution in [-0.2, 0) is 4.74 Å². The van der Waals surface area contributed by atoms with Crippen LogP contribution in [0.2, 0.25) is 0 Å². The van der Waals surface area contributed by atoms with Crippen LogP contribution >= 0.6 is 0 Å². The molecule has 4 unspecified atom stereocenters. The van der Waals surface area contributed by atoms with Crippen molar-refractivity contribution in [2.24, 2.45) is 17.6 Å². The predicted molar refractivity (Wildman–Crippen MR) is 58.1 cm³/mol. The number of hydrogen-bond acceptors (Lipinski definition) is 2. The van der Waals surface area contributed by atoms with Crippen molar-refractivity contribution in [1.82, 2.24) is 0 Å². The van der Waals surface area contributed by atoms with Crippen molar-refractivity contribution in [3.05, 3.63) is 0 Å². The third-order valence-corrected chi connectivity index (χ3v) is 4.17. The van der Waals surface area contributed by atoms with Gasteiger partial charge in [-0.05, 0) is 50.4 Å². The molecule has 4 atom stereocenters. The van der Waals surface area contributed by atoms with Crippen molar-refractivity contribution in [2.75, 3.05) is 6.61 Å². The van der Waals surface area contributed by atoms with E-state index in [1.807, 2.05) is 0 Å². The molecule has 0 radical (unpaired) electrons. The molecule has 2 nitrogen and oxygen atoms in total. The van der Waals surface area contributed by atoms with Crippen LogP contribution in [0, 0.1) is 11.8 Å². The first kappa shape index (κ1) is 10.4. The van der Waals surface area contributed by atoms with E-state index in [4.69, 9.17) is 10.5 Å². The van der Waals surface area contributed by atoms with Crippen LogP contribution in [0.15, 0.2) is 0 Å². The van der Waals surface area contributed by atoms with Crippen LogP contribution in [0.3, 0.4) is 0 Å². The molecule has 2 fully saturated rings. The average molecular weight is 197 g/mol. The molecule has 1 aliphatic carbocycles. The van der Waals surface area contributed by atoms with Crippen LogP contribution in [-0.4, -0.2) is 18.8 Å². The van der Waals surface area contributed by atoms with Gasteiger partial charge in [-0.15, -0.1) is 0 Å². The van der Waals surface area contributed by atoms with Gasteiger partial charge in [0.05, 0.1) is 6.10 Å². The minimum atomic E-state index is 0.462. The summed E-state index contributed by atoms with van der Waals surface area (Å²) in [5.74, 6) is 1.60. The molecule has 82 valence electrons. The zero-order chi connectivity index (χ0) is 9.97. The Kier molecular flexibility index (Phi) is 3.45. The average Bonchev–Trinajstić information content (AvgIpc) is 2.77. The molecule has 0 spiro atoms. The SMILES string of the molecule is CC1C(N)CCC1CCC1CCCO1. The fourth-order valence-corrected chi connectivity index (χ4v) is 2.96. The molecule has 1 saturated heterocycles. The smallest absolute Gasteiger partial charge is 0.0576 e. The van der Waals surface area contributed by atoms with E-state index in [-0.39, 0.29) is 0 Å². The normalized spacial score (nSPS) is 43.3. The van der Waals surface area contributed by atoms with Gasteiger partial charge in [0.15, 0.2) is 0 Å². The molecular formula is C12H23NO. The lowest BCUT2D eigenvalue weighted by molar-refractivity contribution is 0.0962. The summed E-state index contributed by atoms with van der Waals surface area (Å²) in [6.07, 6.45) is 8.30. The van der Waals surface area contributed by atoms with E-state index in [0.29, 0.717) is 12.1 Å². The summed E-state index contributed by atoms with van der Waals surface area (Å²) in [7, 11) is 0. The van der Waals surface area contributed by atoms with Gasteiger partial charge in [0.25, 0.3) is 0 Å². The highest BCUT2D eigenvalue weighted by Crippen LogP contribution is 2.35. The quantitative estimate of drug-likeness (QED) is 0.753. The minimum absolute atomic E-state index is 0.462. The second-order valence-electron chi connectivity index (χ2n) is 5.07. The first-order valence-corrected chi connectivity index (χ1v) is 6.14. The lowest BCUT2D eigenvalue weighted by Gasteiger charge is -2.19. The summed E-state index contributed by atoms with van der Waals surface area (Å²) in [6, 6.07) is 0.462. The first-order chi connectivity index (χ1) is 6.77. The molecule has 2 heteroatoms. The molecule has 1 aliphatic heterocycles. The van der Waals surface area contributed by atoms with Gasteiger partial charge in [0.2, 0.25) is 0 Å². The first-order valence-electron chi connectivity index (χ1n) is 6.14. The number of rotatable bonds is 3. The molecule has 2 aliphatic rings. The third-order valence-electron chi connectivity index (χ3n) is 4.17. The Labute approximate surface area is 87.2 Å². The highest BCUT2D eigenvalue weighted by Gasteiger charge is 2.30. The van der Waals surface area contributed by atoms with E-state index < -0.39 is 0 Å². The summed E-state index contributed by atoms with van der Waals surface area (Å²) < 4.78 is 5.64. The van der Waals surface area contributed by atoms with Gasteiger partial charge in [-0.3, -0.25) is 0 Å². The molecule has 0 aromatic heterocycles. The molecule has 0 aromatic carbocycles. The van der Waals surface area contributed by atoms with E-state index in [1.165, 1.54) is 38.5 Å². The molecule has 2 rings (SSSR count). The highest BCUT2D eigenvalue weighted by molar-refractivity contribution is 4.85. The summed E-state index contributed by atoms with van der Waals surface area (Å²) in [5.41, 5.74) is 6.02. The zero-order valence-electron chi connectivity index (χ0n) is 9.24. The second-order valence-corrected chi connectivity index (χ2v) is 5.07. The maximum atomic E-state index is 6.02. The van der Waals surface area contributed by atoms with Gasteiger partial charge in [-0.1, -0.05) is 6.92 Å². The lowest BCUT2D eigenvalue weighted by Crippen LogP contribution is -2.25. The van der Waals surface area contributed by atoms with Gasteiger partial charge < -0.3 is 10.5 Å². The van der Waals surface area contributed by atoms with Gasteiger partial charge in [0, 0.05) is 12.6 Å². The predicted octanol–water partition coefficient (Wildman–Crippen LogP) is 2.32. The van der Waals surface area contributed by atoms with Crippen molar-refractivity contribution < 1.29 is 4.74 Å². The van der Waals surface area contributed by atoms with Crippen LogP contribution < -0.4 is 5.73 Å². The monoisotopic (exact) mass is 197 g/mol. The van der Waals surface area contributed by atoms with Crippen LogP contribution in [0.4, 0.5) is 0 Å². The Hall–Kier alpha value is -0.0800. The van der Waals surface area contributed by atoms with Crippen molar-refractivity contribution in [1.29, 1.82) is 0 Å². The standard InChI is InChI=1S/C12H23NO/c1-9-10(5-7-12(9)13)4-6-11-3-2-8-14-11/h9-12H,2-8,13H2,1H3. The van der Waals surface area contributed by atoms with E-state index in [2.05, 4.69) is 6.92 Å². The molecule has 1 saturated carbocycles. The second kappa shape index (κ2) is 4.63. The number of ether oxygens (including phenoxy) is 1. The van der Waals surface area contributed by atoms with Gasteiger partial charge >= 0.3 is 0 Å². The lowest BCUT2D eigenvalue weighted by atomic mass is 9.90. The van der Waals surface area contributed by atoms with Crippen LogP contribution in [0.5, 0.6) is 0 Å². The van der Waals surface area contributed by atoms with E-state index in [0.717, 1.165) is 18.4 Å². The summed E-state index contributed by atoms with van der Waals surface area (Å²) in [6.45, 7) is 3.31. The fourth-order valence-electron chi connectivity index (χ4n) is 2.96. The molecule has 14 heavy (non-hydrogen) atoms. The fraction of sp³-hybridized carbons (Fsp3) is 1.00. The largest absolute Gasteiger partial charge is 0.378 e. The molecular weight excluding hydrogens is 174 g/mol.